The van der Waals surface area contributed by atoms with Crippen molar-refractivity contribution in [2.75, 3.05) is 25.0 Å². The number of nitrogens with one attached hydrogen (secondary N) is 1. The van der Waals surface area contributed by atoms with E-state index in [2.05, 4.69) is 35.5 Å². The molecule has 0 spiro atoms. The van der Waals surface area contributed by atoms with Crippen LogP contribution in [0.5, 0.6) is 0 Å². The second-order valence-corrected chi connectivity index (χ2v) is 5.56. The Morgan fingerprint density at radius 1 is 1.35 bits per heavy atom. The van der Waals surface area contributed by atoms with Crippen molar-refractivity contribution in [3.8, 4) is 0 Å². The molecule has 17 heavy (non-hydrogen) atoms. The van der Waals surface area contributed by atoms with Crippen LogP contribution in [-0.2, 0) is 13.0 Å². The normalized spacial score (nSPS) is 19.2. The van der Waals surface area contributed by atoms with Gasteiger partial charge < -0.3 is 10.2 Å². The summed E-state index contributed by atoms with van der Waals surface area (Å²) in [7, 11) is 2.20. The van der Waals surface area contributed by atoms with Crippen molar-refractivity contribution in [3.63, 3.8) is 0 Å². The number of hydrogen-bond donors (Lipinski definition) is 1. The summed E-state index contributed by atoms with van der Waals surface area (Å²) in [6, 6.07) is 6.97. The quantitative estimate of drug-likeness (QED) is 0.855. The zero-order valence-corrected chi connectivity index (χ0v) is 10.7. The molecule has 1 fully saturated rings. The lowest BCUT2D eigenvalue weighted by Gasteiger charge is -2.27. The van der Waals surface area contributed by atoms with Gasteiger partial charge in [0.05, 0.1) is 0 Å². The lowest BCUT2D eigenvalue weighted by Crippen LogP contribution is -2.25. The first kappa shape index (κ1) is 11.1. The molecule has 1 aromatic rings. The molecule has 0 aromatic heterocycles. The van der Waals surface area contributed by atoms with Crippen LogP contribution in [0.2, 0.25) is 0 Å². The highest BCUT2D eigenvalue weighted by atomic mass is 15.1. The van der Waals surface area contributed by atoms with Gasteiger partial charge in [-0.1, -0.05) is 12.1 Å². The van der Waals surface area contributed by atoms with Crippen LogP contribution in [0.3, 0.4) is 0 Å². The van der Waals surface area contributed by atoms with Gasteiger partial charge in [0.25, 0.3) is 0 Å². The van der Waals surface area contributed by atoms with Crippen LogP contribution < -0.4 is 10.2 Å². The van der Waals surface area contributed by atoms with Gasteiger partial charge in [-0.05, 0) is 55.3 Å². The van der Waals surface area contributed by atoms with E-state index in [0.29, 0.717) is 0 Å². The van der Waals surface area contributed by atoms with Crippen LogP contribution in [0.4, 0.5) is 5.69 Å². The molecular weight excluding hydrogens is 208 g/mol. The first-order chi connectivity index (χ1) is 8.33. The topological polar surface area (TPSA) is 15.3 Å². The van der Waals surface area contributed by atoms with E-state index in [0.717, 1.165) is 12.5 Å². The predicted molar refractivity (Wildman–Crippen MR) is 72.5 cm³/mol. The summed E-state index contributed by atoms with van der Waals surface area (Å²) in [6.45, 7) is 3.44. The first-order valence-corrected chi connectivity index (χ1v) is 6.86. The van der Waals surface area contributed by atoms with Crippen LogP contribution in [0.1, 0.15) is 30.4 Å². The van der Waals surface area contributed by atoms with Gasteiger partial charge in [-0.15, -0.1) is 0 Å². The number of hydrogen-bond acceptors (Lipinski definition) is 2. The van der Waals surface area contributed by atoms with Gasteiger partial charge >= 0.3 is 0 Å². The third-order valence-corrected chi connectivity index (χ3v) is 3.95. The van der Waals surface area contributed by atoms with E-state index < -0.39 is 0 Å². The van der Waals surface area contributed by atoms with Crippen LogP contribution in [0.15, 0.2) is 18.2 Å². The van der Waals surface area contributed by atoms with Crippen LogP contribution >= 0.6 is 0 Å². The molecule has 1 N–H and O–H groups in total. The Hall–Kier alpha value is -1.02. The van der Waals surface area contributed by atoms with Crippen molar-refractivity contribution in [3.05, 3.63) is 29.3 Å². The number of rotatable bonds is 4. The van der Waals surface area contributed by atoms with E-state index in [9.17, 15) is 0 Å². The summed E-state index contributed by atoms with van der Waals surface area (Å²) in [5, 5.41) is 3.57. The van der Waals surface area contributed by atoms with Gasteiger partial charge in [0.1, 0.15) is 0 Å². The van der Waals surface area contributed by atoms with Gasteiger partial charge in [-0.2, -0.15) is 0 Å². The minimum absolute atomic E-state index is 0.971. The molecule has 2 aliphatic rings. The second-order valence-electron chi connectivity index (χ2n) is 5.56. The Morgan fingerprint density at radius 3 is 3.06 bits per heavy atom. The van der Waals surface area contributed by atoms with Crippen molar-refractivity contribution in [2.24, 2.45) is 5.92 Å². The highest BCUT2D eigenvalue weighted by molar-refractivity contribution is 5.56. The standard InChI is InChI=1S/C15H22N2/c1-17-8-2-3-14-9-13(6-7-15(14)17)11-16-10-12-4-5-12/h6-7,9,12,16H,2-5,8,10-11H2,1H3. The molecule has 1 heterocycles. The molecule has 0 unspecified atom stereocenters. The Morgan fingerprint density at radius 2 is 2.24 bits per heavy atom. The number of nitrogens with zero attached hydrogens (tertiary/aromatic N) is 1. The molecule has 0 radical (unpaired) electrons. The van der Waals surface area contributed by atoms with Crippen LogP contribution in [0.25, 0.3) is 0 Å². The van der Waals surface area contributed by atoms with E-state index in [-0.39, 0.29) is 0 Å². The smallest absolute Gasteiger partial charge is 0.0396 e. The summed E-state index contributed by atoms with van der Waals surface area (Å²) in [5.41, 5.74) is 4.41. The average molecular weight is 230 g/mol. The number of anilines is 1. The lowest BCUT2D eigenvalue weighted by atomic mass is 9.99. The molecule has 92 valence electrons. The minimum Gasteiger partial charge on any atom is -0.374 e. The Balaban J connectivity index is 1.64. The maximum atomic E-state index is 3.57. The molecule has 2 nitrogen and oxygen atoms in total. The summed E-state index contributed by atoms with van der Waals surface area (Å²) in [5.74, 6) is 0.971. The van der Waals surface area contributed by atoms with E-state index in [1.165, 1.54) is 55.6 Å². The van der Waals surface area contributed by atoms with E-state index in [1.807, 2.05) is 0 Å². The molecule has 3 rings (SSSR count). The lowest BCUT2D eigenvalue weighted by molar-refractivity contribution is 0.637. The molecule has 0 amide bonds. The maximum absolute atomic E-state index is 3.57. The number of fused-ring (bicyclic) bond motifs is 1. The van der Waals surface area contributed by atoms with Crippen molar-refractivity contribution in [2.45, 2.75) is 32.2 Å². The van der Waals surface area contributed by atoms with Gasteiger partial charge in [0, 0.05) is 25.8 Å². The number of aryl methyl sites for hydroxylation is 1. The third-order valence-electron chi connectivity index (χ3n) is 3.95. The maximum Gasteiger partial charge on any atom is 0.0396 e. The second kappa shape index (κ2) is 4.69. The highest BCUT2D eigenvalue weighted by Gasteiger charge is 2.20. The van der Waals surface area contributed by atoms with Gasteiger partial charge in [-0.3, -0.25) is 0 Å². The summed E-state index contributed by atoms with van der Waals surface area (Å²) in [6.07, 6.45) is 5.41. The molecule has 1 aliphatic carbocycles. The van der Waals surface area contributed by atoms with Gasteiger partial charge in [0.15, 0.2) is 0 Å². The fraction of sp³-hybridized carbons (Fsp3) is 0.600. The average Bonchev–Trinajstić information content (AvgIpc) is 3.13. The van der Waals surface area contributed by atoms with Gasteiger partial charge in [-0.25, -0.2) is 0 Å². The predicted octanol–water partition coefficient (Wildman–Crippen LogP) is 2.57. The van der Waals surface area contributed by atoms with Crippen molar-refractivity contribution in [1.82, 2.24) is 5.32 Å². The monoisotopic (exact) mass is 230 g/mol. The number of benzene rings is 1. The molecule has 0 saturated heterocycles. The van der Waals surface area contributed by atoms with E-state index >= 15 is 0 Å². The fourth-order valence-electron chi connectivity index (χ4n) is 2.69. The van der Waals surface area contributed by atoms with Crippen molar-refractivity contribution < 1.29 is 0 Å². The zero-order chi connectivity index (χ0) is 11.7. The van der Waals surface area contributed by atoms with Gasteiger partial charge in [0.2, 0.25) is 0 Å². The zero-order valence-electron chi connectivity index (χ0n) is 10.7. The fourth-order valence-corrected chi connectivity index (χ4v) is 2.69. The highest BCUT2D eigenvalue weighted by Crippen LogP contribution is 2.28. The van der Waals surface area contributed by atoms with Crippen LogP contribution in [0, 0.1) is 5.92 Å². The third kappa shape index (κ3) is 2.63. The van der Waals surface area contributed by atoms with Crippen LogP contribution in [-0.4, -0.2) is 20.1 Å². The molecule has 0 atom stereocenters. The SMILES string of the molecule is CN1CCCc2cc(CNCC3CC3)ccc21. The summed E-state index contributed by atoms with van der Waals surface area (Å²) >= 11 is 0. The summed E-state index contributed by atoms with van der Waals surface area (Å²) < 4.78 is 0. The van der Waals surface area contributed by atoms with E-state index in [4.69, 9.17) is 0 Å². The molecule has 1 aromatic carbocycles. The Labute approximate surface area is 104 Å². The van der Waals surface area contributed by atoms with Crippen molar-refractivity contribution in [1.29, 1.82) is 0 Å². The Kier molecular flexibility index (Phi) is 3.06. The molecule has 1 aliphatic heterocycles. The minimum atomic E-state index is 0.971. The van der Waals surface area contributed by atoms with E-state index in [1.54, 1.807) is 0 Å². The van der Waals surface area contributed by atoms with Crippen molar-refractivity contribution >= 4 is 5.69 Å². The molecule has 0 bridgehead atoms. The molecular formula is C15H22N2. The molecule has 2 heteroatoms. The Bertz CT molecular complexity index is 396. The first-order valence-electron chi connectivity index (χ1n) is 6.86. The largest absolute Gasteiger partial charge is 0.374 e. The summed E-state index contributed by atoms with van der Waals surface area (Å²) in [4.78, 5) is 2.38. The molecule has 1 saturated carbocycles.